The van der Waals surface area contributed by atoms with Crippen molar-refractivity contribution >= 4 is 11.6 Å². The Bertz CT molecular complexity index is 501. The van der Waals surface area contributed by atoms with Crippen molar-refractivity contribution in [3.8, 4) is 0 Å². The van der Waals surface area contributed by atoms with Crippen LogP contribution in [0.15, 0.2) is 18.2 Å². The first-order valence-electron chi connectivity index (χ1n) is 6.73. The Balaban J connectivity index is 1.63. The number of halogens is 1. The first-order valence-corrected chi connectivity index (χ1v) is 6.73. The lowest BCUT2D eigenvalue weighted by Crippen LogP contribution is -2.37. The van der Waals surface area contributed by atoms with Gasteiger partial charge in [0.2, 0.25) is 0 Å². The van der Waals surface area contributed by atoms with Crippen LogP contribution in [0.2, 0.25) is 0 Å². The third kappa shape index (κ3) is 2.71. The normalized spacial score (nSPS) is 23.5. The molecule has 0 aromatic heterocycles. The number of carbonyl (C=O) groups excluding carboxylic acids is 1. The van der Waals surface area contributed by atoms with Gasteiger partial charge in [-0.1, -0.05) is 0 Å². The zero-order valence-electron chi connectivity index (χ0n) is 10.7. The summed E-state index contributed by atoms with van der Waals surface area (Å²) >= 11 is 0. The number of hydrogen-bond acceptors (Lipinski definition) is 3. The molecule has 1 aromatic rings. The van der Waals surface area contributed by atoms with Crippen molar-refractivity contribution in [2.45, 2.75) is 31.3 Å². The molecule has 3 N–H and O–H groups in total. The zero-order chi connectivity index (χ0) is 13.4. The van der Waals surface area contributed by atoms with Gasteiger partial charge in [0.15, 0.2) is 0 Å². The molecule has 0 spiro atoms. The number of carbonyl (C=O) groups is 1. The molecule has 1 atom stereocenters. The monoisotopic (exact) mass is 263 g/mol. The highest BCUT2D eigenvalue weighted by Crippen LogP contribution is 2.29. The fourth-order valence-corrected chi connectivity index (χ4v) is 2.66. The van der Waals surface area contributed by atoms with Gasteiger partial charge in [0.05, 0.1) is 5.56 Å². The van der Waals surface area contributed by atoms with Gasteiger partial charge in [-0.25, -0.2) is 4.39 Å². The van der Waals surface area contributed by atoms with Crippen LogP contribution in [0.25, 0.3) is 0 Å². The highest BCUT2D eigenvalue weighted by molar-refractivity contribution is 5.99. The van der Waals surface area contributed by atoms with Gasteiger partial charge < -0.3 is 11.1 Å². The van der Waals surface area contributed by atoms with Gasteiger partial charge in [0.1, 0.15) is 5.82 Å². The van der Waals surface area contributed by atoms with Gasteiger partial charge in [0.25, 0.3) is 5.91 Å². The second-order valence-electron chi connectivity index (χ2n) is 5.42. The van der Waals surface area contributed by atoms with E-state index in [0.29, 0.717) is 5.69 Å². The van der Waals surface area contributed by atoms with Gasteiger partial charge >= 0.3 is 0 Å². The molecule has 19 heavy (non-hydrogen) atoms. The first-order chi connectivity index (χ1) is 9.13. The summed E-state index contributed by atoms with van der Waals surface area (Å²) in [6.45, 7) is 1.93. The summed E-state index contributed by atoms with van der Waals surface area (Å²) in [7, 11) is 0. The van der Waals surface area contributed by atoms with Crippen molar-refractivity contribution in [3.05, 3.63) is 29.6 Å². The number of rotatable bonds is 3. The van der Waals surface area contributed by atoms with Crippen LogP contribution in [0.1, 0.15) is 29.6 Å². The molecule has 2 fully saturated rings. The van der Waals surface area contributed by atoms with E-state index in [1.807, 2.05) is 0 Å². The fourth-order valence-electron chi connectivity index (χ4n) is 2.66. The highest BCUT2D eigenvalue weighted by atomic mass is 19.1. The SMILES string of the molecule is Nc1ccc(F)cc1C(=O)NC1CCN(C2CC2)C1. The molecule has 0 radical (unpaired) electrons. The average molecular weight is 263 g/mol. The molecule has 1 aliphatic carbocycles. The molecule has 1 unspecified atom stereocenters. The Morgan fingerprint density at radius 3 is 2.89 bits per heavy atom. The number of anilines is 1. The van der Waals surface area contributed by atoms with E-state index in [-0.39, 0.29) is 17.5 Å². The van der Waals surface area contributed by atoms with Gasteiger partial charge in [-0.3, -0.25) is 9.69 Å². The van der Waals surface area contributed by atoms with Crippen LogP contribution < -0.4 is 11.1 Å². The number of nitrogens with two attached hydrogens (primary N) is 1. The number of nitrogen functional groups attached to an aromatic ring is 1. The third-order valence-electron chi connectivity index (χ3n) is 3.88. The van der Waals surface area contributed by atoms with E-state index < -0.39 is 5.82 Å². The van der Waals surface area contributed by atoms with Crippen molar-refractivity contribution < 1.29 is 9.18 Å². The maximum atomic E-state index is 13.2. The fraction of sp³-hybridized carbons (Fsp3) is 0.500. The molecule has 4 nitrogen and oxygen atoms in total. The van der Waals surface area contributed by atoms with Crippen LogP contribution in [0.4, 0.5) is 10.1 Å². The van der Waals surface area contributed by atoms with Crippen molar-refractivity contribution in [2.75, 3.05) is 18.8 Å². The Morgan fingerprint density at radius 2 is 2.16 bits per heavy atom. The summed E-state index contributed by atoms with van der Waals surface area (Å²) in [5.74, 6) is -0.718. The molecule has 102 valence electrons. The van der Waals surface area contributed by atoms with Crippen molar-refractivity contribution in [1.82, 2.24) is 10.2 Å². The number of nitrogens with zero attached hydrogens (tertiary/aromatic N) is 1. The predicted molar refractivity (Wildman–Crippen MR) is 71.3 cm³/mol. The quantitative estimate of drug-likeness (QED) is 0.810. The van der Waals surface area contributed by atoms with E-state index in [4.69, 9.17) is 5.73 Å². The lowest BCUT2D eigenvalue weighted by molar-refractivity contribution is 0.0938. The summed E-state index contributed by atoms with van der Waals surface area (Å²) in [6, 6.07) is 4.75. The molecule has 2 aliphatic rings. The molecule has 5 heteroatoms. The van der Waals surface area contributed by atoms with Crippen LogP contribution in [-0.2, 0) is 0 Å². The number of likely N-dealkylation sites (tertiary alicyclic amines) is 1. The first kappa shape index (κ1) is 12.4. The minimum atomic E-state index is -0.439. The molecular weight excluding hydrogens is 245 g/mol. The Morgan fingerprint density at radius 1 is 1.37 bits per heavy atom. The van der Waals surface area contributed by atoms with Crippen molar-refractivity contribution in [1.29, 1.82) is 0 Å². The summed E-state index contributed by atoms with van der Waals surface area (Å²) in [5.41, 5.74) is 6.25. The highest BCUT2D eigenvalue weighted by Gasteiger charge is 2.34. The summed E-state index contributed by atoms with van der Waals surface area (Å²) in [4.78, 5) is 14.5. The van der Waals surface area contributed by atoms with Crippen molar-refractivity contribution in [3.63, 3.8) is 0 Å². The zero-order valence-corrected chi connectivity index (χ0v) is 10.7. The Hall–Kier alpha value is -1.62. The standard InChI is InChI=1S/C14H18FN3O/c15-9-1-4-13(16)12(7-9)14(19)17-10-5-6-18(8-10)11-2-3-11/h1,4,7,10-11H,2-3,5-6,8,16H2,(H,17,19). The molecule has 1 aromatic carbocycles. The van der Waals surface area contributed by atoms with Gasteiger partial charge in [-0.05, 0) is 37.5 Å². The Kier molecular flexibility index (Phi) is 3.14. The van der Waals surface area contributed by atoms with Crippen LogP contribution in [0, 0.1) is 5.82 Å². The van der Waals surface area contributed by atoms with Gasteiger partial charge in [0, 0.05) is 30.9 Å². The van der Waals surface area contributed by atoms with Gasteiger partial charge in [-0.15, -0.1) is 0 Å². The number of nitrogens with one attached hydrogen (secondary N) is 1. The van der Waals surface area contributed by atoms with Crippen molar-refractivity contribution in [2.24, 2.45) is 0 Å². The lowest BCUT2D eigenvalue weighted by Gasteiger charge is -2.16. The second kappa shape index (κ2) is 4.81. The van der Waals surface area contributed by atoms with Crippen LogP contribution in [0.5, 0.6) is 0 Å². The maximum Gasteiger partial charge on any atom is 0.253 e. The Labute approximate surface area is 111 Å². The molecule has 1 saturated carbocycles. The molecule has 1 heterocycles. The van der Waals surface area contributed by atoms with E-state index in [9.17, 15) is 9.18 Å². The molecule has 3 rings (SSSR count). The lowest BCUT2D eigenvalue weighted by atomic mass is 10.1. The maximum absolute atomic E-state index is 13.2. The van der Waals surface area contributed by atoms with E-state index in [2.05, 4.69) is 10.2 Å². The van der Waals surface area contributed by atoms with E-state index in [1.54, 1.807) is 0 Å². The van der Waals surface area contributed by atoms with E-state index in [1.165, 1.54) is 31.0 Å². The number of benzene rings is 1. The summed E-state index contributed by atoms with van der Waals surface area (Å²) in [5, 5.41) is 2.95. The summed E-state index contributed by atoms with van der Waals surface area (Å²) in [6.07, 6.45) is 3.51. The van der Waals surface area contributed by atoms with Crippen LogP contribution in [-0.4, -0.2) is 36.0 Å². The number of hydrogen-bond donors (Lipinski definition) is 2. The minimum Gasteiger partial charge on any atom is -0.398 e. The second-order valence-corrected chi connectivity index (χ2v) is 5.42. The van der Waals surface area contributed by atoms with Crippen LogP contribution in [0.3, 0.4) is 0 Å². The molecule has 1 amide bonds. The minimum absolute atomic E-state index is 0.149. The molecule has 1 saturated heterocycles. The molecular formula is C14H18FN3O. The smallest absolute Gasteiger partial charge is 0.253 e. The van der Waals surface area contributed by atoms with E-state index >= 15 is 0 Å². The number of amides is 1. The molecule has 1 aliphatic heterocycles. The third-order valence-corrected chi connectivity index (χ3v) is 3.88. The largest absolute Gasteiger partial charge is 0.398 e. The average Bonchev–Trinajstić information content (AvgIpc) is 3.13. The summed E-state index contributed by atoms with van der Waals surface area (Å²) < 4.78 is 13.2. The topological polar surface area (TPSA) is 58.4 Å². The molecule has 0 bridgehead atoms. The van der Waals surface area contributed by atoms with Crippen LogP contribution >= 0.6 is 0 Å². The predicted octanol–water partition coefficient (Wildman–Crippen LogP) is 1.37. The van der Waals surface area contributed by atoms with Gasteiger partial charge in [-0.2, -0.15) is 0 Å². The van der Waals surface area contributed by atoms with E-state index in [0.717, 1.165) is 25.6 Å².